The molecule has 0 radical (unpaired) electrons. The minimum Gasteiger partial charge on any atom is -0.426 e. The van der Waals surface area contributed by atoms with Crippen molar-refractivity contribution >= 4 is 56.3 Å². The van der Waals surface area contributed by atoms with Gasteiger partial charge in [0, 0.05) is 28.0 Å². The topological polar surface area (TPSA) is 74.3 Å². The Balaban J connectivity index is 2.07. The molecule has 0 saturated heterocycles. The van der Waals surface area contributed by atoms with E-state index in [-0.39, 0.29) is 0 Å². The predicted octanol–water partition coefficient (Wildman–Crippen LogP) is 4.47. The molecule has 3 aromatic carbocycles. The number of primary amides is 1. The summed E-state index contributed by atoms with van der Waals surface area (Å²) in [4.78, 5) is 23.7. The fourth-order valence-corrected chi connectivity index (χ4v) is 4.19. The maximum Gasteiger partial charge on any atom is 0.308 e. The molecule has 0 aliphatic rings. The third-order valence-corrected chi connectivity index (χ3v) is 5.30. The molecule has 0 atom stereocenters. The first-order valence-electron chi connectivity index (χ1n) is 8.72. The first-order chi connectivity index (χ1) is 13.5. The molecular formula is C22H17IN2O3. The van der Waals surface area contributed by atoms with E-state index in [4.69, 9.17) is 10.5 Å². The molecule has 1 heterocycles. The lowest BCUT2D eigenvalue weighted by molar-refractivity contribution is -0.131. The second kappa shape index (κ2) is 7.27. The number of amides is 1. The van der Waals surface area contributed by atoms with Crippen molar-refractivity contribution in [2.45, 2.75) is 13.5 Å². The van der Waals surface area contributed by atoms with Crippen molar-refractivity contribution in [3.63, 3.8) is 0 Å². The Morgan fingerprint density at radius 3 is 2.36 bits per heavy atom. The summed E-state index contributed by atoms with van der Waals surface area (Å²) in [7, 11) is 0. The Morgan fingerprint density at radius 1 is 1.00 bits per heavy atom. The van der Waals surface area contributed by atoms with E-state index in [1.54, 1.807) is 12.1 Å². The number of ether oxygens (including phenoxy) is 1. The summed E-state index contributed by atoms with van der Waals surface area (Å²) in [6, 6.07) is 19.2. The maximum atomic E-state index is 12.1. The van der Waals surface area contributed by atoms with E-state index in [0.717, 1.165) is 20.2 Å². The summed E-state index contributed by atoms with van der Waals surface area (Å²) in [5.74, 6) is -0.510. The first kappa shape index (κ1) is 18.5. The van der Waals surface area contributed by atoms with Crippen molar-refractivity contribution in [1.29, 1.82) is 0 Å². The van der Waals surface area contributed by atoms with Crippen LogP contribution in [0.1, 0.15) is 22.8 Å². The molecule has 0 aliphatic carbocycles. The average molecular weight is 484 g/mol. The summed E-state index contributed by atoms with van der Waals surface area (Å²) in [6.45, 7) is 1.97. The monoisotopic (exact) mass is 484 g/mol. The molecule has 140 valence electrons. The van der Waals surface area contributed by atoms with Crippen LogP contribution in [-0.2, 0) is 11.3 Å². The summed E-state index contributed by atoms with van der Waals surface area (Å²) in [5, 5.41) is 1.42. The van der Waals surface area contributed by atoms with Gasteiger partial charge in [-0.25, -0.2) is 0 Å². The predicted molar refractivity (Wildman–Crippen MR) is 118 cm³/mol. The Morgan fingerprint density at radius 2 is 1.68 bits per heavy atom. The highest BCUT2D eigenvalue weighted by molar-refractivity contribution is 14.1. The van der Waals surface area contributed by atoms with E-state index in [9.17, 15) is 9.59 Å². The zero-order chi connectivity index (χ0) is 19.8. The van der Waals surface area contributed by atoms with E-state index >= 15 is 0 Å². The lowest BCUT2D eigenvalue weighted by Crippen LogP contribution is -2.11. The van der Waals surface area contributed by atoms with Gasteiger partial charge in [0.05, 0.1) is 16.4 Å². The number of esters is 1. The first-order valence-corrected chi connectivity index (χ1v) is 9.80. The van der Waals surface area contributed by atoms with Crippen LogP contribution in [0.25, 0.3) is 21.8 Å². The van der Waals surface area contributed by atoms with Crippen molar-refractivity contribution in [3.8, 4) is 5.75 Å². The number of rotatable bonds is 4. The van der Waals surface area contributed by atoms with Gasteiger partial charge in [-0.2, -0.15) is 0 Å². The highest BCUT2D eigenvalue weighted by Gasteiger charge is 2.20. The zero-order valence-corrected chi connectivity index (χ0v) is 17.3. The van der Waals surface area contributed by atoms with Crippen molar-refractivity contribution < 1.29 is 14.3 Å². The fourth-order valence-electron chi connectivity index (χ4n) is 3.59. The van der Waals surface area contributed by atoms with Gasteiger partial charge in [-0.15, -0.1) is 0 Å². The lowest BCUT2D eigenvalue weighted by atomic mass is 10.1. The van der Waals surface area contributed by atoms with Gasteiger partial charge < -0.3 is 15.0 Å². The molecule has 2 N–H and O–H groups in total. The molecule has 4 aromatic rings. The number of benzene rings is 3. The number of fused-ring (bicyclic) bond motifs is 3. The molecule has 0 aliphatic heterocycles. The number of nitrogens with two attached hydrogens (primary N) is 1. The molecular weight excluding hydrogens is 467 g/mol. The van der Waals surface area contributed by atoms with Crippen LogP contribution >= 0.6 is 22.6 Å². The minimum atomic E-state index is -0.517. The van der Waals surface area contributed by atoms with Gasteiger partial charge in [-0.1, -0.05) is 24.3 Å². The molecule has 0 fully saturated rings. The molecule has 1 amide bonds. The van der Waals surface area contributed by atoms with E-state index < -0.39 is 11.9 Å². The average Bonchev–Trinajstić information content (AvgIpc) is 2.96. The smallest absolute Gasteiger partial charge is 0.308 e. The van der Waals surface area contributed by atoms with Crippen LogP contribution in [0.15, 0.2) is 60.7 Å². The summed E-state index contributed by atoms with van der Waals surface area (Å²) in [6.07, 6.45) is 0. The Bertz CT molecular complexity index is 1240. The normalized spacial score (nSPS) is 11.1. The largest absolute Gasteiger partial charge is 0.426 e. The SMILES string of the molecule is CC(=O)Oc1cccc2c1c1c(C(N)=O)cccc1n2Cc1cccc(I)c1. The number of hydrogen-bond donors (Lipinski definition) is 1. The fraction of sp³-hybridized carbons (Fsp3) is 0.0909. The quantitative estimate of drug-likeness (QED) is 0.264. The van der Waals surface area contributed by atoms with Crippen LogP contribution in [0, 0.1) is 3.57 Å². The van der Waals surface area contributed by atoms with Crippen LogP contribution in [0.3, 0.4) is 0 Å². The summed E-state index contributed by atoms with van der Waals surface area (Å²) < 4.78 is 8.72. The zero-order valence-electron chi connectivity index (χ0n) is 15.1. The molecule has 1 aromatic heterocycles. The lowest BCUT2D eigenvalue weighted by Gasteiger charge is -2.09. The van der Waals surface area contributed by atoms with Gasteiger partial charge in [0.1, 0.15) is 5.75 Å². The van der Waals surface area contributed by atoms with Gasteiger partial charge >= 0.3 is 5.97 Å². The molecule has 28 heavy (non-hydrogen) atoms. The Kier molecular flexibility index (Phi) is 4.80. The van der Waals surface area contributed by atoms with Crippen LogP contribution in [0.4, 0.5) is 0 Å². The number of halogens is 1. The second-order valence-electron chi connectivity index (χ2n) is 6.52. The third-order valence-electron chi connectivity index (χ3n) is 4.63. The van der Waals surface area contributed by atoms with E-state index in [2.05, 4.69) is 39.3 Å². The van der Waals surface area contributed by atoms with Crippen molar-refractivity contribution in [3.05, 3.63) is 75.4 Å². The number of aromatic nitrogens is 1. The van der Waals surface area contributed by atoms with E-state index in [1.165, 1.54) is 6.92 Å². The van der Waals surface area contributed by atoms with Gasteiger partial charge in [0.25, 0.3) is 0 Å². The third kappa shape index (κ3) is 3.24. The van der Waals surface area contributed by atoms with E-state index in [1.807, 2.05) is 36.4 Å². The molecule has 5 nitrogen and oxygen atoms in total. The van der Waals surface area contributed by atoms with E-state index in [0.29, 0.717) is 28.6 Å². The summed E-state index contributed by atoms with van der Waals surface area (Å²) in [5.41, 5.74) is 8.93. The molecule has 0 bridgehead atoms. The van der Waals surface area contributed by atoms with Crippen LogP contribution in [-0.4, -0.2) is 16.4 Å². The second-order valence-corrected chi connectivity index (χ2v) is 7.77. The number of nitrogens with zero attached hydrogens (tertiary/aromatic N) is 1. The highest BCUT2D eigenvalue weighted by atomic mass is 127. The number of carbonyl (C=O) groups excluding carboxylic acids is 2. The number of carbonyl (C=O) groups is 2. The molecule has 4 rings (SSSR count). The van der Waals surface area contributed by atoms with Gasteiger partial charge in [-0.05, 0) is 64.6 Å². The summed E-state index contributed by atoms with van der Waals surface area (Å²) >= 11 is 2.29. The minimum absolute atomic E-state index is 0.406. The van der Waals surface area contributed by atoms with Crippen LogP contribution in [0.2, 0.25) is 0 Å². The highest BCUT2D eigenvalue weighted by Crippen LogP contribution is 2.38. The molecule has 6 heteroatoms. The van der Waals surface area contributed by atoms with Crippen molar-refractivity contribution in [2.75, 3.05) is 0 Å². The van der Waals surface area contributed by atoms with Gasteiger partial charge in [0.15, 0.2) is 0 Å². The van der Waals surface area contributed by atoms with Crippen LogP contribution in [0.5, 0.6) is 5.75 Å². The standard InChI is InChI=1S/C22H17IN2O3/c1-13(26)28-19-10-4-9-18-21(19)20-16(22(24)27)7-3-8-17(20)25(18)12-14-5-2-6-15(23)11-14/h2-11H,12H2,1H3,(H2,24,27). The van der Waals surface area contributed by atoms with Gasteiger partial charge in [-0.3, -0.25) is 9.59 Å². The Hall–Kier alpha value is -2.87. The van der Waals surface area contributed by atoms with Crippen molar-refractivity contribution in [2.24, 2.45) is 5.73 Å². The number of hydrogen-bond acceptors (Lipinski definition) is 3. The van der Waals surface area contributed by atoms with Crippen molar-refractivity contribution in [1.82, 2.24) is 4.57 Å². The van der Waals surface area contributed by atoms with Gasteiger partial charge in [0.2, 0.25) is 5.91 Å². The Labute approximate surface area is 175 Å². The molecule has 0 spiro atoms. The molecule has 0 unspecified atom stereocenters. The van der Waals surface area contributed by atoms with Crippen LogP contribution < -0.4 is 10.5 Å². The maximum absolute atomic E-state index is 12.1. The molecule has 0 saturated carbocycles.